The minimum Gasteiger partial charge on any atom is -0.313 e. The van der Waals surface area contributed by atoms with Crippen LogP contribution in [0.1, 0.15) is 18.5 Å². The maximum atomic E-state index is 13.0. The smallest absolute Gasteiger partial charge is 0.163 e. The number of halogens is 3. The van der Waals surface area contributed by atoms with Gasteiger partial charge in [-0.25, -0.2) is 13.2 Å². The van der Waals surface area contributed by atoms with Gasteiger partial charge in [0.2, 0.25) is 0 Å². The number of rotatable bonds is 2. The zero-order chi connectivity index (χ0) is 10.0. The molecular weight excluding hydrogens is 179 g/mol. The van der Waals surface area contributed by atoms with Crippen molar-refractivity contribution in [1.29, 1.82) is 0 Å². The predicted octanol–water partition coefficient (Wildman–Crippen LogP) is 2.38. The van der Waals surface area contributed by atoms with Gasteiger partial charge in [0.05, 0.1) is 0 Å². The summed E-state index contributed by atoms with van der Waals surface area (Å²) in [6, 6.07) is 1.10. The summed E-state index contributed by atoms with van der Waals surface area (Å²) in [5.74, 6) is -2.92. The SMILES string of the molecule is CNC(C)c1cc(F)cc(F)c1F. The summed E-state index contributed by atoms with van der Waals surface area (Å²) in [5, 5.41) is 2.70. The molecule has 13 heavy (non-hydrogen) atoms. The van der Waals surface area contributed by atoms with E-state index >= 15 is 0 Å². The van der Waals surface area contributed by atoms with Gasteiger partial charge in [0.25, 0.3) is 0 Å². The molecule has 0 aliphatic carbocycles. The molecule has 72 valence electrons. The first kappa shape index (κ1) is 10.1. The van der Waals surface area contributed by atoms with E-state index in [1.807, 2.05) is 0 Å². The zero-order valence-corrected chi connectivity index (χ0v) is 7.37. The highest BCUT2D eigenvalue weighted by Gasteiger charge is 2.14. The van der Waals surface area contributed by atoms with Crippen LogP contribution >= 0.6 is 0 Å². The fourth-order valence-electron chi connectivity index (χ4n) is 1.05. The molecule has 0 saturated carbocycles. The molecule has 0 aliphatic rings. The molecule has 1 unspecified atom stereocenters. The number of benzene rings is 1. The Morgan fingerprint density at radius 2 is 1.85 bits per heavy atom. The molecule has 1 nitrogen and oxygen atoms in total. The van der Waals surface area contributed by atoms with Crippen LogP contribution in [0.15, 0.2) is 12.1 Å². The lowest BCUT2D eigenvalue weighted by atomic mass is 10.1. The molecule has 0 aromatic heterocycles. The van der Waals surface area contributed by atoms with Crippen LogP contribution in [-0.4, -0.2) is 7.05 Å². The molecule has 0 heterocycles. The van der Waals surface area contributed by atoms with Crippen molar-refractivity contribution < 1.29 is 13.2 Å². The van der Waals surface area contributed by atoms with Crippen molar-refractivity contribution in [3.8, 4) is 0 Å². The van der Waals surface area contributed by atoms with Crippen molar-refractivity contribution in [2.45, 2.75) is 13.0 Å². The molecule has 0 amide bonds. The van der Waals surface area contributed by atoms with Crippen LogP contribution in [0.2, 0.25) is 0 Å². The third-order valence-electron chi connectivity index (χ3n) is 1.92. The molecule has 0 radical (unpaired) electrons. The van der Waals surface area contributed by atoms with Crippen LogP contribution in [0.25, 0.3) is 0 Å². The number of nitrogens with one attached hydrogen (secondary N) is 1. The summed E-state index contributed by atoms with van der Waals surface area (Å²) in [6.07, 6.45) is 0. The van der Waals surface area contributed by atoms with Crippen molar-refractivity contribution in [2.75, 3.05) is 7.05 Å². The minimum atomic E-state index is -1.16. The Hall–Kier alpha value is -1.03. The molecule has 1 aromatic carbocycles. The summed E-state index contributed by atoms with van der Waals surface area (Å²) in [7, 11) is 1.59. The minimum absolute atomic E-state index is 0.000000000000000222. The normalized spacial score (nSPS) is 13.0. The van der Waals surface area contributed by atoms with Gasteiger partial charge in [0.1, 0.15) is 5.82 Å². The standard InChI is InChI=1S/C9H10F3N/c1-5(13-2)7-3-6(10)4-8(11)9(7)12/h3-5,13H,1-2H3. The van der Waals surface area contributed by atoms with Crippen LogP contribution in [0.3, 0.4) is 0 Å². The topological polar surface area (TPSA) is 12.0 Å². The summed E-state index contributed by atoms with van der Waals surface area (Å²) in [4.78, 5) is 0. The molecule has 4 heteroatoms. The lowest BCUT2D eigenvalue weighted by molar-refractivity contribution is 0.469. The second-order valence-electron chi connectivity index (χ2n) is 2.80. The zero-order valence-electron chi connectivity index (χ0n) is 7.37. The van der Waals surface area contributed by atoms with E-state index in [9.17, 15) is 13.2 Å². The Morgan fingerprint density at radius 1 is 1.23 bits per heavy atom. The summed E-state index contributed by atoms with van der Waals surface area (Å²) in [5.41, 5.74) is 0.000000000000000222. The Kier molecular flexibility index (Phi) is 2.93. The average Bonchev–Trinajstić information content (AvgIpc) is 2.10. The van der Waals surface area contributed by atoms with Crippen molar-refractivity contribution >= 4 is 0 Å². The quantitative estimate of drug-likeness (QED) is 0.704. The molecule has 0 spiro atoms. The summed E-state index contributed by atoms with van der Waals surface area (Å²) < 4.78 is 38.4. The van der Waals surface area contributed by atoms with Crippen LogP contribution in [0.4, 0.5) is 13.2 Å². The third-order valence-corrected chi connectivity index (χ3v) is 1.92. The van der Waals surface area contributed by atoms with E-state index in [2.05, 4.69) is 5.32 Å². The van der Waals surface area contributed by atoms with E-state index in [4.69, 9.17) is 0 Å². The number of hydrogen-bond donors (Lipinski definition) is 1. The molecule has 0 saturated heterocycles. The van der Waals surface area contributed by atoms with E-state index in [-0.39, 0.29) is 5.56 Å². The second-order valence-corrected chi connectivity index (χ2v) is 2.80. The first-order valence-corrected chi connectivity index (χ1v) is 3.88. The van der Waals surface area contributed by atoms with Crippen molar-refractivity contribution in [1.82, 2.24) is 5.32 Å². The molecule has 0 bridgehead atoms. The number of hydrogen-bond acceptors (Lipinski definition) is 1. The monoisotopic (exact) mass is 189 g/mol. The molecule has 0 fully saturated rings. The Bertz CT molecular complexity index is 312. The van der Waals surface area contributed by atoms with Crippen LogP contribution in [0, 0.1) is 17.5 Å². The van der Waals surface area contributed by atoms with Crippen molar-refractivity contribution in [3.63, 3.8) is 0 Å². The Labute approximate surface area is 74.6 Å². The van der Waals surface area contributed by atoms with Gasteiger partial charge in [0, 0.05) is 17.7 Å². The molecule has 1 atom stereocenters. The molecule has 1 rings (SSSR count). The fourth-order valence-corrected chi connectivity index (χ4v) is 1.05. The van der Waals surface area contributed by atoms with Gasteiger partial charge in [-0.3, -0.25) is 0 Å². The van der Waals surface area contributed by atoms with Gasteiger partial charge in [-0.1, -0.05) is 0 Å². The Balaban J connectivity index is 3.20. The first-order chi connectivity index (χ1) is 6.06. The highest BCUT2D eigenvalue weighted by atomic mass is 19.2. The van der Waals surface area contributed by atoms with Crippen molar-refractivity contribution in [3.05, 3.63) is 35.1 Å². The van der Waals surface area contributed by atoms with Gasteiger partial charge in [-0.05, 0) is 20.0 Å². The van der Waals surface area contributed by atoms with E-state index in [0.29, 0.717) is 6.07 Å². The molecule has 1 N–H and O–H groups in total. The summed E-state index contributed by atoms with van der Waals surface area (Å²) in [6.45, 7) is 1.62. The molecule has 1 aromatic rings. The van der Waals surface area contributed by atoms with Gasteiger partial charge in [-0.15, -0.1) is 0 Å². The van der Waals surface area contributed by atoms with Crippen LogP contribution in [-0.2, 0) is 0 Å². The van der Waals surface area contributed by atoms with E-state index in [1.54, 1.807) is 14.0 Å². The second kappa shape index (κ2) is 3.79. The predicted molar refractivity (Wildman–Crippen MR) is 43.8 cm³/mol. The highest BCUT2D eigenvalue weighted by molar-refractivity contribution is 5.23. The van der Waals surface area contributed by atoms with E-state index < -0.39 is 23.5 Å². The average molecular weight is 189 g/mol. The van der Waals surface area contributed by atoms with Gasteiger partial charge >= 0.3 is 0 Å². The maximum Gasteiger partial charge on any atom is 0.163 e. The van der Waals surface area contributed by atoms with Crippen LogP contribution < -0.4 is 5.32 Å². The largest absolute Gasteiger partial charge is 0.313 e. The third kappa shape index (κ3) is 2.01. The lowest BCUT2D eigenvalue weighted by Gasteiger charge is -2.11. The lowest BCUT2D eigenvalue weighted by Crippen LogP contribution is -2.15. The maximum absolute atomic E-state index is 13.0. The highest BCUT2D eigenvalue weighted by Crippen LogP contribution is 2.20. The van der Waals surface area contributed by atoms with Gasteiger partial charge in [-0.2, -0.15) is 0 Å². The van der Waals surface area contributed by atoms with Gasteiger partial charge < -0.3 is 5.32 Å². The molecule has 0 aliphatic heterocycles. The Morgan fingerprint density at radius 3 is 2.38 bits per heavy atom. The fraction of sp³-hybridized carbons (Fsp3) is 0.333. The first-order valence-electron chi connectivity index (χ1n) is 3.88. The molecular formula is C9H10F3N. The van der Waals surface area contributed by atoms with Crippen molar-refractivity contribution in [2.24, 2.45) is 0 Å². The van der Waals surface area contributed by atoms with E-state index in [0.717, 1.165) is 6.07 Å². The van der Waals surface area contributed by atoms with Crippen LogP contribution in [0.5, 0.6) is 0 Å². The van der Waals surface area contributed by atoms with E-state index in [1.165, 1.54) is 0 Å². The summed E-state index contributed by atoms with van der Waals surface area (Å²) >= 11 is 0. The van der Waals surface area contributed by atoms with Gasteiger partial charge in [0.15, 0.2) is 11.6 Å².